The number of hydrogen-bond donors (Lipinski definition) is 3. The Balaban J connectivity index is 1.55. The van der Waals surface area contributed by atoms with Crippen LogP contribution in [0.5, 0.6) is 0 Å². The molecule has 2 amide bonds. The zero-order valence-electron chi connectivity index (χ0n) is 20.0. The maximum absolute atomic E-state index is 13.0. The molecule has 0 spiro atoms. The van der Waals surface area contributed by atoms with Crippen molar-refractivity contribution in [3.63, 3.8) is 0 Å². The Morgan fingerprint density at radius 3 is 2.88 bits per heavy atom. The highest BCUT2D eigenvalue weighted by Crippen LogP contribution is 2.24. The molecule has 2 aromatic heterocycles. The van der Waals surface area contributed by atoms with Gasteiger partial charge in [-0.3, -0.25) is 14.6 Å². The van der Waals surface area contributed by atoms with Crippen molar-refractivity contribution < 1.29 is 9.59 Å². The molecule has 7 nitrogen and oxygen atoms in total. The Bertz CT molecular complexity index is 1210. The molecule has 178 valence electrons. The van der Waals surface area contributed by atoms with Crippen LogP contribution in [0, 0.1) is 11.3 Å². The van der Waals surface area contributed by atoms with E-state index in [4.69, 9.17) is 5.41 Å². The molecule has 0 unspecified atom stereocenters. The summed E-state index contributed by atoms with van der Waals surface area (Å²) in [4.78, 5) is 30.1. The van der Waals surface area contributed by atoms with Crippen molar-refractivity contribution in [1.29, 1.82) is 5.41 Å². The number of benzene rings is 1. The van der Waals surface area contributed by atoms with Gasteiger partial charge in [-0.1, -0.05) is 26.3 Å². The SMILES string of the molecule is CC(C)CCCc1ncc(NC(=O)c2ccc3cc4n(c3c2)CCCCCNC4=O)cc1C=N. The molecule has 0 atom stereocenters. The number of carbonyl (C=O) groups is 2. The van der Waals surface area contributed by atoms with Crippen LogP contribution >= 0.6 is 0 Å². The van der Waals surface area contributed by atoms with E-state index in [1.807, 2.05) is 28.8 Å². The monoisotopic (exact) mass is 459 g/mol. The van der Waals surface area contributed by atoms with Gasteiger partial charge in [0.05, 0.1) is 11.9 Å². The van der Waals surface area contributed by atoms with Crippen LogP contribution in [-0.4, -0.2) is 34.1 Å². The van der Waals surface area contributed by atoms with Gasteiger partial charge in [-0.2, -0.15) is 0 Å². The van der Waals surface area contributed by atoms with Gasteiger partial charge in [-0.05, 0) is 62.3 Å². The van der Waals surface area contributed by atoms with Crippen molar-refractivity contribution >= 4 is 34.6 Å². The number of hydrogen-bond acceptors (Lipinski definition) is 4. The number of pyridine rings is 1. The van der Waals surface area contributed by atoms with E-state index in [1.165, 1.54) is 6.21 Å². The van der Waals surface area contributed by atoms with E-state index in [-0.39, 0.29) is 11.8 Å². The Hall–Kier alpha value is -3.48. The van der Waals surface area contributed by atoms with Crippen molar-refractivity contribution in [3.05, 3.63) is 59.0 Å². The number of aromatic nitrogens is 2. The molecule has 1 aliphatic heterocycles. The third kappa shape index (κ3) is 5.35. The lowest BCUT2D eigenvalue weighted by molar-refractivity contribution is 0.0945. The molecule has 0 fully saturated rings. The van der Waals surface area contributed by atoms with E-state index in [0.29, 0.717) is 29.4 Å². The molecule has 1 aliphatic rings. The normalized spacial score (nSPS) is 14.1. The summed E-state index contributed by atoms with van der Waals surface area (Å²) in [6, 6.07) is 9.23. The molecule has 3 aromatic rings. The average molecular weight is 460 g/mol. The predicted molar refractivity (Wildman–Crippen MR) is 136 cm³/mol. The molecule has 7 heteroatoms. The molecule has 0 saturated heterocycles. The number of nitrogens with one attached hydrogen (secondary N) is 3. The van der Waals surface area contributed by atoms with Crippen LogP contribution in [0.1, 0.15) is 78.1 Å². The van der Waals surface area contributed by atoms with Crippen molar-refractivity contribution in [2.75, 3.05) is 11.9 Å². The predicted octanol–water partition coefficient (Wildman–Crippen LogP) is 5.18. The van der Waals surface area contributed by atoms with Crippen LogP contribution in [0.2, 0.25) is 0 Å². The first-order valence-electron chi connectivity index (χ1n) is 12.2. The number of nitrogens with zero attached hydrogens (tertiary/aromatic N) is 2. The fraction of sp³-hybridized carbons (Fsp3) is 0.407. The Kier molecular flexibility index (Phi) is 7.40. The maximum Gasteiger partial charge on any atom is 0.267 e. The van der Waals surface area contributed by atoms with Gasteiger partial charge in [-0.15, -0.1) is 0 Å². The number of rotatable bonds is 7. The van der Waals surface area contributed by atoms with Gasteiger partial charge >= 0.3 is 0 Å². The Morgan fingerprint density at radius 2 is 2.09 bits per heavy atom. The number of amides is 2. The van der Waals surface area contributed by atoms with Crippen LogP contribution in [0.25, 0.3) is 10.9 Å². The first kappa shape index (κ1) is 23.7. The van der Waals surface area contributed by atoms with Crippen molar-refractivity contribution in [3.8, 4) is 0 Å². The average Bonchev–Trinajstić information content (AvgIpc) is 3.22. The first-order chi connectivity index (χ1) is 16.5. The summed E-state index contributed by atoms with van der Waals surface area (Å²) in [5.74, 6) is 0.330. The molecule has 4 rings (SSSR count). The summed E-state index contributed by atoms with van der Waals surface area (Å²) < 4.78 is 2.02. The second kappa shape index (κ2) is 10.6. The molecular formula is C27H33N5O2. The van der Waals surface area contributed by atoms with E-state index in [2.05, 4.69) is 29.5 Å². The van der Waals surface area contributed by atoms with Crippen LogP contribution < -0.4 is 10.6 Å². The highest BCUT2D eigenvalue weighted by Gasteiger charge is 2.18. The van der Waals surface area contributed by atoms with Gasteiger partial charge < -0.3 is 20.6 Å². The summed E-state index contributed by atoms with van der Waals surface area (Å²) in [5, 5.41) is 14.6. The van der Waals surface area contributed by atoms with Crippen molar-refractivity contribution in [2.24, 2.45) is 5.92 Å². The molecule has 0 bridgehead atoms. The van der Waals surface area contributed by atoms with Gasteiger partial charge in [0.1, 0.15) is 5.69 Å². The molecule has 0 aliphatic carbocycles. The molecule has 1 aromatic carbocycles. The molecule has 34 heavy (non-hydrogen) atoms. The first-order valence-corrected chi connectivity index (χ1v) is 12.2. The fourth-order valence-electron chi connectivity index (χ4n) is 4.48. The second-order valence-electron chi connectivity index (χ2n) is 9.42. The largest absolute Gasteiger partial charge is 0.351 e. The van der Waals surface area contributed by atoms with E-state index >= 15 is 0 Å². The molecule has 0 radical (unpaired) electrons. The highest BCUT2D eigenvalue weighted by molar-refractivity contribution is 6.07. The number of anilines is 1. The lowest BCUT2D eigenvalue weighted by atomic mass is 10.0. The summed E-state index contributed by atoms with van der Waals surface area (Å²) in [7, 11) is 0. The smallest absolute Gasteiger partial charge is 0.267 e. The molecule has 0 saturated carbocycles. The van der Waals surface area contributed by atoms with E-state index in [0.717, 1.165) is 67.2 Å². The van der Waals surface area contributed by atoms with Gasteiger partial charge in [0.2, 0.25) is 0 Å². The third-order valence-electron chi connectivity index (χ3n) is 6.36. The van der Waals surface area contributed by atoms with E-state index in [1.54, 1.807) is 12.3 Å². The van der Waals surface area contributed by atoms with Crippen LogP contribution in [-0.2, 0) is 13.0 Å². The summed E-state index contributed by atoms with van der Waals surface area (Å²) in [5.41, 5.74) is 4.23. The summed E-state index contributed by atoms with van der Waals surface area (Å²) in [6.07, 6.45) is 8.94. The lowest BCUT2D eigenvalue weighted by Crippen LogP contribution is -2.25. The van der Waals surface area contributed by atoms with Gasteiger partial charge in [0, 0.05) is 47.0 Å². The van der Waals surface area contributed by atoms with Crippen LogP contribution in [0.4, 0.5) is 5.69 Å². The third-order valence-corrected chi connectivity index (χ3v) is 6.36. The lowest BCUT2D eigenvalue weighted by Gasteiger charge is -2.11. The number of aryl methyl sites for hydroxylation is 2. The Morgan fingerprint density at radius 1 is 1.24 bits per heavy atom. The van der Waals surface area contributed by atoms with Gasteiger partial charge in [0.15, 0.2) is 0 Å². The van der Waals surface area contributed by atoms with E-state index < -0.39 is 0 Å². The van der Waals surface area contributed by atoms with Crippen LogP contribution in [0.3, 0.4) is 0 Å². The number of carbonyl (C=O) groups excluding carboxylic acids is 2. The van der Waals surface area contributed by atoms with Gasteiger partial charge in [-0.25, -0.2) is 0 Å². The summed E-state index contributed by atoms with van der Waals surface area (Å²) in [6.45, 7) is 5.84. The quantitative estimate of drug-likeness (QED) is 0.425. The fourth-order valence-corrected chi connectivity index (χ4v) is 4.48. The molecule has 3 heterocycles. The Labute approximate surface area is 200 Å². The molecular weight excluding hydrogens is 426 g/mol. The van der Waals surface area contributed by atoms with Crippen molar-refractivity contribution in [1.82, 2.24) is 14.9 Å². The molecule has 3 N–H and O–H groups in total. The standard InChI is InChI=1S/C27H33N5O2/c1-18(2)7-6-8-23-21(16-28)13-22(17-30-23)31-26(33)20-10-9-19-14-25-27(34)29-11-4-3-5-12-32(25)24(19)15-20/h9-10,13-18,28H,3-8,11-12H2,1-2H3,(H,29,34)(H,31,33). The second-order valence-corrected chi connectivity index (χ2v) is 9.42. The van der Waals surface area contributed by atoms with Gasteiger partial charge in [0.25, 0.3) is 11.8 Å². The summed E-state index contributed by atoms with van der Waals surface area (Å²) >= 11 is 0. The minimum atomic E-state index is -0.241. The van der Waals surface area contributed by atoms with E-state index in [9.17, 15) is 9.59 Å². The number of fused-ring (bicyclic) bond motifs is 3. The van der Waals surface area contributed by atoms with Crippen LogP contribution in [0.15, 0.2) is 36.5 Å². The zero-order valence-corrected chi connectivity index (χ0v) is 20.0. The highest BCUT2D eigenvalue weighted by atomic mass is 16.2. The zero-order chi connectivity index (χ0) is 24.1. The minimum Gasteiger partial charge on any atom is -0.351 e. The maximum atomic E-state index is 13.0. The van der Waals surface area contributed by atoms with Crippen molar-refractivity contribution in [2.45, 2.75) is 58.9 Å². The minimum absolute atomic E-state index is 0.0668. The topological polar surface area (TPSA) is 99.9 Å².